The molecule has 5 nitrogen and oxygen atoms in total. The quantitative estimate of drug-likeness (QED) is 0.771. The van der Waals surface area contributed by atoms with E-state index in [9.17, 15) is 4.79 Å². The van der Waals surface area contributed by atoms with Crippen LogP contribution in [0.5, 0.6) is 0 Å². The standard InChI is InChI=1S/C15H10ClN3O2/c16-12-7-10(5-6-11(12)14(20)21)18-15-17-8-9-3-1-2-4-13(9)19-15/h1-8H,(H,20,21)(H,17,18,19). The van der Waals surface area contributed by atoms with Crippen molar-refractivity contribution in [1.29, 1.82) is 0 Å². The van der Waals surface area contributed by atoms with Crippen LogP contribution >= 0.6 is 11.6 Å². The summed E-state index contributed by atoms with van der Waals surface area (Å²) in [6.07, 6.45) is 1.72. The smallest absolute Gasteiger partial charge is 0.337 e. The fourth-order valence-electron chi connectivity index (χ4n) is 1.93. The monoisotopic (exact) mass is 299 g/mol. The highest BCUT2D eigenvalue weighted by atomic mass is 35.5. The normalized spacial score (nSPS) is 10.5. The molecule has 3 rings (SSSR count). The summed E-state index contributed by atoms with van der Waals surface area (Å²) in [5, 5.41) is 13.0. The average molecular weight is 300 g/mol. The van der Waals surface area contributed by atoms with Gasteiger partial charge in [-0.3, -0.25) is 0 Å². The topological polar surface area (TPSA) is 75.1 Å². The zero-order valence-electron chi connectivity index (χ0n) is 10.7. The lowest BCUT2D eigenvalue weighted by Gasteiger charge is -2.07. The second-order valence-electron chi connectivity index (χ2n) is 4.38. The number of rotatable bonds is 3. The van der Waals surface area contributed by atoms with Gasteiger partial charge in [-0.15, -0.1) is 0 Å². The number of halogens is 1. The highest BCUT2D eigenvalue weighted by molar-refractivity contribution is 6.33. The van der Waals surface area contributed by atoms with Crippen molar-refractivity contribution in [2.24, 2.45) is 0 Å². The second-order valence-corrected chi connectivity index (χ2v) is 4.78. The van der Waals surface area contributed by atoms with Crippen molar-refractivity contribution in [3.05, 3.63) is 59.2 Å². The number of para-hydroxylation sites is 1. The summed E-state index contributed by atoms with van der Waals surface area (Å²) in [4.78, 5) is 19.5. The van der Waals surface area contributed by atoms with Gasteiger partial charge in [0.1, 0.15) is 0 Å². The summed E-state index contributed by atoms with van der Waals surface area (Å²) in [6, 6.07) is 12.2. The molecule has 0 fully saturated rings. The zero-order valence-corrected chi connectivity index (χ0v) is 11.5. The molecule has 1 heterocycles. The van der Waals surface area contributed by atoms with Crippen molar-refractivity contribution < 1.29 is 9.90 Å². The van der Waals surface area contributed by atoms with Crippen LogP contribution in [0.25, 0.3) is 10.9 Å². The molecule has 0 aliphatic rings. The number of aromatic nitrogens is 2. The van der Waals surface area contributed by atoms with E-state index in [1.165, 1.54) is 12.1 Å². The minimum atomic E-state index is -1.06. The predicted octanol–water partition coefficient (Wildman–Crippen LogP) is 3.73. The number of anilines is 2. The summed E-state index contributed by atoms with van der Waals surface area (Å²) in [5.74, 6) is -0.638. The Hall–Kier alpha value is -2.66. The molecular formula is C15H10ClN3O2. The van der Waals surface area contributed by atoms with Crippen molar-refractivity contribution >= 4 is 40.1 Å². The van der Waals surface area contributed by atoms with Crippen LogP contribution in [-0.4, -0.2) is 21.0 Å². The highest BCUT2D eigenvalue weighted by Gasteiger charge is 2.09. The molecule has 0 unspecified atom stereocenters. The Bertz CT molecular complexity index is 836. The van der Waals surface area contributed by atoms with Gasteiger partial charge in [-0.05, 0) is 24.3 Å². The highest BCUT2D eigenvalue weighted by Crippen LogP contribution is 2.23. The van der Waals surface area contributed by atoms with E-state index in [4.69, 9.17) is 16.7 Å². The number of aromatic carboxylic acids is 1. The van der Waals surface area contributed by atoms with Crippen LogP contribution in [0.3, 0.4) is 0 Å². The summed E-state index contributed by atoms with van der Waals surface area (Å²) in [7, 11) is 0. The molecule has 6 heteroatoms. The van der Waals surface area contributed by atoms with E-state index < -0.39 is 5.97 Å². The summed E-state index contributed by atoms with van der Waals surface area (Å²) >= 11 is 5.92. The molecular weight excluding hydrogens is 290 g/mol. The average Bonchev–Trinajstić information content (AvgIpc) is 2.47. The maximum absolute atomic E-state index is 10.9. The van der Waals surface area contributed by atoms with E-state index >= 15 is 0 Å². The van der Waals surface area contributed by atoms with E-state index in [1.54, 1.807) is 12.3 Å². The van der Waals surface area contributed by atoms with E-state index in [0.717, 1.165) is 10.9 Å². The Kier molecular flexibility index (Phi) is 3.41. The number of carboxylic acids is 1. The van der Waals surface area contributed by atoms with Crippen LogP contribution in [0, 0.1) is 0 Å². The first-order valence-electron chi connectivity index (χ1n) is 6.15. The lowest BCUT2D eigenvalue weighted by molar-refractivity contribution is 0.0697. The van der Waals surface area contributed by atoms with Crippen molar-refractivity contribution in [3.63, 3.8) is 0 Å². The van der Waals surface area contributed by atoms with Gasteiger partial charge in [-0.1, -0.05) is 29.8 Å². The molecule has 2 N–H and O–H groups in total. The molecule has 0 aliphatic heterocycles. The van der Waals surface area contributed by atoms with E-state index in [0.29, 0.717) is 11.6 Å². The number of carboxylic acid groups (broad SMARTS) is 1. The predicted molar refractivity (Wildman–Crippen MR) is 81.2 cm³/mol. The third kappa shape index (κ3) is 2.78. The number of carbonyl (C=O) groups is 1. The molecule has 0 aliphatic carbocycles. The van der Waals surface area contributed by atoms with Gasteiger partial charge in [0.15, 0.2) is 0 Å². The molecule has 0 saturated heterocycles. The first-order valence-corrected chi connectivity index (χ1v) is 6.53. The van der Waals surface area contributed by atoms with Gasteiger partial charge in [-0.2, -0.15) is 0 Å². The Morgan fingerprint density at radius 1 is 1.19 bits per heavy atom. The second kappa shape index (κ2) is 5.38. The first-order chi connectivity index (χ1) is 10.1. The van der Waals surface area contributed by atoms with Gasteiger partial charge in [0, 0.05) is 17.3 Å². The third-order valence-electron chi connectivity index (χ3n) is 2.94. The maximum Gasteiger partial charge on any atom is 0.337 e. The molecule has 0 radical (unpaired) electrons. The van der Waals surface area contributed by atoms with Crippen molar-refractivity contribution in [2.75, 3.05) is 5.32 Å². The van der Waals surface area contributed by atoms with Gasteiger partial charge in [0.05, 0.1) is 16.1 Å². The van der Waals surface area contributed by atoms with Crippen LogP contribution in [-0.2, 0) is 0 Å². The zero-order chi connectivity index (χ0) is 14.8. The van der Waals surface area contributed by atoms with Gasteiger partial charge in [0.25, 0.3) is 0 Å². The van der Waals surface area contributed by atoms with Gasteiger partial charge in [-0.25, -0.2) is 14.8 Å². The SMILES string of the molecule is O=C(O)c1ccc(Nc2ncc3ccccc3n2)cc1Cl. The first kappa shape index (κ1) is 13.3. The fraction of sp³-hybridized carbons (Fsp3) is 0. The van der Waals surface area contributed by atoms with Crippen LogP contribution in [0.15, 0.2) is 48.7 Å². The number of benzene rings is 2. The van der Waals surface area contributed by atoms with Crippen molar-refractivity contribution in [1.82, 2.24) is 9.97 Å². The number of fused-ring (bicyclic) bond motifs is 1. The maximum atomic E-state index is 10.9. The molecule has 104 valence electrons. The third-order valence-corrected chi connectivity index (χ3v) is 3.26. The minimum absolute atomic E-state index is 0.0571. The molecule has 1 aromatic heterocycles. The fourth-order valence-corrected chi connectivity index (χ4v) is 2.19. The summed E-state index contributed by atoms with van der Waals surface area (Å²) < 4.78 is 0. The van der Waals surface area contributed by atoms with Crippen molar-refractivity contribution in [2.45, 2.75) is 0 Å². The van der Waals surface area contributed by atoms with Gasteiger partial charge >= 0.3 is 5.97 Å². The van der Waals surface area contributed by atoms with E-state index in [-0.39, 0.29) is 10.6 Å². The Balaban J connectivity index is 1.91. The minimum Gasteiger partial charge on any atom is -0.478 e. The lowest BCUT2D eigenvalue weighted by Crippen LogP contribution is -2.00. The number of nitrogens with zero attached hydrogens (tertiary/aromatic N) is 2. The Morgan fingerprint density at radius 3 is 2.76 bits per heavy atom. The van der Waals surface area contributed by atoms with Crippen LogP contribution < -0.4 is 5.32 Å². The molecule has 0 atom stereocenters. The summed E-state index contributed by atoms with van der Waals surface area (Å²) in [5.41, 5.74) is 1.50. The lowest BCUT2D eigenvalue weighted by atomic mass is 10.2. The number of hydrogen-bond acceptors (Lipinski definition) is 4. The van der Waals surface area contributed by atoms with Crippen LogP contribution in [0.1, 0.15) is 10.4 Å². The molecule has 3 aromatic rings. The van der Waals surface area contributed by atoms with Gasteiger partial charge < -0.3 is 10.4 Å². The van der Waals surface area contributed by atoms with Gasteiger partial charge in [0.2, 0.25) is 5.95 Å². The molecule has 0 saturated carbocycles. The Morgan fingerprint density at radius 2 is 2.00 bits per heavy atom. The van der Waals surface area contributed by atoms with E-state index in [1.807, 2.05) is 24.3 Å². The molecule has 21 heavy (non-hydrogen) atoms. The molecule has 0 spiro atoms. The molecule has 2 aromatic carbocycles. The number of nitrogens with one attached hydrogen (secondary N) is 1. The van der Waals surface area contributed by atoms with E-state index in [2.05, 4.69) is 15.3 Å². The molecule has 0 amide bonds. The number of hydrogen-bond donors (Lipinski definition) is 2. The molecule has 0 bridgehead atoms. The van der Waals surface area contributed by atoms with Crippen LogP contribution in [0.4, 0.5) is 11.6 Å². The largest absolute Gasteiger partial charge is 0.478 e. The van der Waals surface area contributed by atoms with Crippen molar-refractivity contribution in [3.8, 4) is 0 Å². The van der Waals surface area contributed by atoms with Crippen LogP contribution in [0.2, 0.25) is 5.02 Å². The Labute approximate surface area is 125 Å². The summed E-state index contributed by atoms with van der Waals surface area (Å²) in [6.45, 7) is 0.